The topological polar surface area (TPSA) is 72.3 Å². The van der Waals surface area contributed by atoms with E-state index in [0.29, 0.717) is 18.3 Å². The minimum absolute atomic E-state index is 0.0484. The zero-order chi connectivity index (χ0) is 12.4. The van der Waals surface area contributed by atoms with Crippen molar-refractivity contribution >= 4 is 17.6 Å². The average molecular weight is 257 g/mol. The summed E-state index contributed by atoms with van der Waals surface area (Å²) in [6.45, 7) is 2.44. The second-order valence-electron chi connectivity index (χ2n) is 3.94. The predicted octanol–water partition coefficient (Wildman–Crippen LogP) is 2.32. The number of hydrogen-bond donors (Lipinski definition) is 1. The zero-order valence-corrected chi connectivity index (χ0v) is 10.1. The van der Waals surface area contributed by atoms with Crippen LogP contribution in [0.3, 0.4) is 0 Å². The lowest BCUT2D eigenvalue weighted by Gasteiger charge is -2.15. The first-order chi connectivity index (χ1) is 8.13. The van der Waals surface area contributed by atoms with Crippen LogP contribution in [0.15, 0.2) is 6.20 Å². The molecule has 0 aliphatic heterocycles. The third-order valence-corrected chi connectivity index (χ3v) is 2.89. The van der Waals surface area contributed by atoms with Crippen molar-refractivity contribution in [1.29, 1.82) is 0 Å². The summed E-state index contributed by atoms with van der Waals surface area (Å²) in [5.41, 5.74) is -0.165. The first-order valence-electron chi connectivity index (χ1n) is 5.50. The van der Waals surface area contributed by atoms with Gasteiger partial charge in [-0.2, -0.15) is 0 Å². The normalized spacial score (nSPS) is 16.8. The number of nitrogens with zero attached hydrogens (tertiary/aromatic N) is 2. The van der Waals surface area contributed by atoms with E-state index in [-0.39, 0.29) is 16.8 Å². The molecule has 17 heavy (non-hydrogen) atoms. The molecule has 0 radical (unpaired) electrons. The minimum Gasteiger partial charge on any atom is -0.476 e. The van der Waals surface area contributed by atoms with Gasteiger partial charge in [-0.1, -0.05) is 11.6 Å². The second kappa shape index (κ2) is 4.98. The third kappa shape index (κ3) is 2.73. The Kier molecular flexibility index (Phi) is 3.59. The van der Waals surface area contributed by atoms with E-state index in [0.717, 1.165) is 12.8 Å². The van der Waals surface area contributed by atoms with Crippen LogP contribution in [0.4, 0.5) is 0 Å². The molecule has 6 heteroatoms. The summed E-state index contributed by atoms with van der Waals surface area (Å²) in [6, 6.07) is 0. The third-order valence-electron chi connectivity index (χ3n) is 2.62. The average Bonchev–Trinajstić information content (AvgIpc) is 3.10. The molecule has 1 aliphatic rings. The molecule has 0 spiro atoms. The maximum atomic E-state index is 10.9. The molecule has 0 amide bonds. The molecule has 92 valence electrons. The lowest BCUT2D eigenvalue weighted by molar-refractivity contribution is 0.0396. The van der Waals surface area contributed by atoms with Gasteiger partial charge < -0.3 is 9.84 Å². The fourth-order valence-electron chi connectivity index (χ4n) is 1.67. The van der Waals surface area contributed by atoms with Crippen LogP contribution >= 0.6 is 11.6 Å². The number of carboxylic acids is 1. The standard InChI is InChI=1S/C11H13ClN2O3/c1-2-17-9(6-3-4-6)10-13-5-7(12)8(14-10)11(15)16/h5-6,9H,2-4H2,1H3,(H,15,16). The number of rotatable bonds is 5. The van der Waals surface area contributed by atoms with Gasteiger partial charge in [0.2, 0.25) is 0 Å². The molecule has 1 aromatic rings. The summed E-state index contributed by atoms with van der Waals surface area (Å²) in [6.07, 6.45) is 3.25. The van der Waals surface area contributed by atoms with Gasteiger partial charge in [-0.25, -0.2) is 14.8 Å². The Morgan fingerprint density at radius 1 is 1.71 bits per heavy atom. The van der Waals surface area contributed by atoms with E-state index < -0.39 is 5.97 Å². The van der Waals surface area contributed by atoms with E-state index in [9.17, 15) is 4.79 Å². The second-order valence-corrected chi connectivity index (χ2v) is 4.35. The van der Waals surface area contributed by atoms with Gasteiger partial charge in [0.15, 0.2) is 11.5 Å². The molecule has 0 aromatic carbocycles. The molecule has 2 rings (SSSR count). The van der Waals surface area contributed by atoms with E-state index in [2.05, 4.69) is 9.97 Å². The van der Waals surface area contributed by atoms with Gasteiger partial charge in [-0.3, -0.25) is 0 Å². The van der Waals surface area contributed by atoms with Crippen molar-refractivity contribution in [3.8, 4) is 0 Å². The molecule has 0 bridgehead atoms. The van der Waals surface area contributed by atoms with Crippen LogP contribution in [0.25, 0.3) is 0 Å². The molecule has 1 atom stereocenters. The van der Waals surface area contributed by atoms with E-state index in [4.69, 9.17) is 21.4 Å². The molecule has 0 saturated heterocycles. The van der Waals surface area contributed by atoms with Gasteiger partial charge in [-0.05, 0) is 25.7 Å². The van der Waals surface area contributed by atoms with Crippen LogP contribution in [0.5, 0.6) is 0 Å². The summed E-state index contributed by atoms with van der Waals surface area (Å²) in [7, 11) is 0. The Labute approximate surface area is 104 Å². The fraction of sp³-hybridized carbons (Fsp3) is 0.545. The maximum Gasteiger partial charge on any atom is 0.356 e. The van der Waals surface area contributed by atoms with Crippen LogP contribution < -0.4 is 0 Å². The van der Waals surface area contributed by atoms with Gasteiger partial charge in [0, 0.05) is 6.61 Å². The summed E-state index contributed by atoms with van der Waals surface area (Å²) >= 11 is 5.72. The van der Waals surface area contributed by atoms with Crippen molar-refractivity contribution in [2.75, 3.05) is 6.61 Å². The molecular formula is C11H13ClN2O3. The Morgan fingerprint density at radius 3 is 2.94 bits per heavy atom. The van der Waals surface area contributed by atoms with Crippen molar-refractivity contribution < 1.29 is 14.6 Å². The molecule has 1 N–H and O–H groups in total. The highest BCUT2D eigenvalue weighted by molar-refractivity contribution is 6.33. The molecular weight excluding hydrogens is 244 g/mol. The van der Waals surface area contributed by atoms with Crippen molar-refractivity contribution in [2.24, 2.45) is 5.92 Å². The number of hydrogen-bond acceptors (Lipinski definition) is 4. The van der Waals surface area contributed by atoms with Gasteiger partial charge in [0.25, 0.3) is 0 Å². The Hall–Kier alpha value is -1.20. The van der Waals surface area contributed by atoms with Crippen molar-refractivity contribution in [1.82, 2.24) is 9.97 Å². The van der Waals surface area contributed by atoms with Crippen LogP contribution in [0, 0.1) is 5.92 Å². The smallest absolute Gasteiger partial charge is 0.356 e. The number of aromatic nitrogens is 2. The molecule has 1 aliphatic carbocycles. The van der Waals surface area contributed by atoms with E-state index in [1.54, 1.807) is 0 Å². The van der Waals surface area contributed by atoms with Crippen LogP contribution in [-0.4, -0.2) is 27.7 Å². The molecule has 1 unspecified atom stereocenters. The van der Waals surface area contributed by atoms with Gasteiger partial charge in [0.05, 0.1) is 11.2 Å². The number of aromatic carboxylic acids is 1. The number of ether oxygens (including phenoxy) is 1. The number of halogens is 1. The Balaban J connectivity index is 2.30. The van der Waals surface area contributed by atoms with E-state index in [1.165, 1.54) is 6.20 Å². The summed E-state index contributed by atoms with van der Waals surface area (Å²) in [4.78, 5) is 19.0. The highest BCUT2D eigenvalue weighted by Gasteiger charge is 2.35. The van der Waals surface area contributed by atoms with Crippen molar-refractivity contribution in [3.05, 3.63) is 22.7 Å². The summed E-state index contributed by atoms with van der Waals surface area (Å²) in [5.74, 6) is -0.335. The van der Waals surface area contributed by atoms with Gasteiger partial charge in [-0.15, -0.1) is 0 Å². The summed E-state index contributed by atoms with van der Waals surface area (Å²) < 4.78 is 5.57. The summed E-state index contributed by atoms with van der Waals surface area (Å²) in [5, 5.41) is 8.99. The number of carbonyl (C=O) groups is 1. The SMILES string of the molecule is CCOC(c1ncc(Cl)c(C(=O)O)n1)C1CC1. The van der Waals surface area contributed by atoms with Crippen molar-refractivity contribution in [2.45, 2.75) is 25.9 Å². The van der Waals surface area contributed by atoms with Crippen molar-refractivity contribution in [3.63, 3.8) is 0 Å². The quantitative estimate of drug-likeness (QED) is 0.875. The number of carboxylic acid groups (broad SMARTS) is 1. The molecule has 1 saturated carbocycles. The molecule has 5 nitrogen and oxygen atoms in total. The molecule has 1 fully saturated rings. The highest BCUT2D eigenvalue weighted by Crippen LogP contribution is 2.42. The van der Waals surface area contributed by atoms with Gasteiger partial charge >= 0.3 is 5.97 Å². The fourth-order valence-corrected chi connectivity index (χ4v) is 1.84. The monoisotopic (exact) mass is 256 g/mol. The van der Waals surface area contributed by atoms with Gasteiger partial charge in [0.1, 0.15) is 6.10 Å². The predicted molar refractivity (Wildman–Crippen MR) is 61.1 cm³/mol. The van der Waals surface area contributed by atoms with E-state index >= 15 is 0 Å². The molecule has 1 aromatic heterocycles. The van der Waals surface area contributed by atoms with Crippen LogP contribution in [0.1, 0.15) is 42.2 Å². The first-order valence-corrected chi connectivity index (χ1v) is 5.88. The van der Waals surface area contributed by atoms with Crippen LogP contribution in [-0.2, 0) is 4.74 Å². The first kappa shape index (κ1) is 12.3. The lowest BCUT2D eigenvalue weighted by atomic mass is 10.2. The van der Waals surface area contributed by atoms with Crippen LogP contribution in [0.2, 0.25) is 5.02 Å². The minimum atomic E-state index is -1.15. The lowest BCUT2D eigenvalue weighted by Crippen LogP contribution is -2.14. The highest BCUT2D eigenvalue weighted by atomic mass is 35.5. The molecule has 1 heterocycles. The Bertz CT molecular complexity index is 435. The maximum absolute atomic E-state index is 10.9. The largest absolute Gasteiger partial charge is 0.476 e. The zero-order valence-electron chi connectivity index (χ0n) is 9.39. The Morgan fingerprint density at radius 2 is 2.41 bits per heavy atom. The van der Waals surface area contributed by atoms with E-state index in [1.807, 2.05) is 6.92 Å².